The van der Waals surface area contributed by atoms with Crippen LogP contribution in [0.25, 0.3) is 10.9 Å². The Labute approximate surface area is 81.3 Å². The van der Waals surface area contributed by atoms with Crippen LogP contribution in [0.2, 0.25) is 4.34 Å². The van der Waals surface area contributed by atoms with Crippen LogP contribution in [0.1, 0.15) is 0 Å². The number of hydrogen-bond acceptors (Lipinski definition) is 2. The molecule has 0 aliphatic heterocycles. The summed E-state index contributed by atoms with van der Waals surface area (Å²) in [5, 5.41) is 1.02. The molecule has 2 aromatic rings. The van der Waals surface area contributed by atoms with Gasteiger partial charge in [0.05, 0.1) is 5.52 Å². The lowest BCUT2D eigenvalue weighted by atomic mass is 10.3. The van der Waals surface area contributed by atoms with Crippen LogP contribution >= 0.6 is 39.1 Å². The first-order valence-electron chi connectivity index (χ1n) is 2.98. The van der Waals surface area contributed by atoms with Gasteiger partial charge in [-0.2, -0.15) is 4.37 Å². The van der Waals surface area contributed by atoms with Gasteiger partial charge in [-0.15, -0.1) is 0 Å². The van der Waals surface area contributed by atoms with Crippen LogP contribution in [0.4, 0.5) is 0 Å². The van der Waals surface area contributed by atoms with Crippen molar-refractivity contribution in [1.82, 2.24) is 4.37 Å². The van der Waals surface area contributed by atoms with Crippen LogP contribution in [0.15, 0.2) is 22.7 Å². The van der Waals surface area contributed by atoms with E-state index in [2.05, 4.69) is 20.3 Å². The minimum absolute atomic E-state index is 0.751. The fourth-order valence-electron chi connectivity index (χ4n) is 0.884. The zero-order chi connectivity index (χ0) is 7.84. The van der Waals surface area contributed by atoms with Gasteiger partial charge in [0.2, 0.25) is 0 Å². The summed E-state index contributed by atoms with van der Waals surface area (Å²) in [5.41, 5.74) is 0.961. The average Bonchev–Trinajstić information content (AvgIpc) is 2.33. The second-order valence-corrected chi connectivity index (χ2v) is 4.41. The first-order chi connectivity index (χ1) is 5.27. The second kappa shape index (κ2) is 2.73. The molecule has 0 aliphatic rings. The Hall–Kier alpha value is -0.120. The molecule has 0 atom stereocenters. The van der Waals surface area contributed by atoms with Crippen LogP contribution < -0.4 is 0 Å². The Kier molecular flexibility index (Phi) is 1.87. The zero-order valence-corrected chi connectivity index (χ0v) is 8.50. The lowest BCUT2D eigenvalue weighted by molar-refractivity contribution is 1.64. The van der Waals surface area contributed by atoms with Crippen molar-refractivity contribution in [3.63, 3.8) is 0 Å². The van der Waals surface area contributed by atoms with E-state index >= 15 is 0 Å². The van der Waals surface area contributed by atoms with E-state index in [1.165, 1.54) is 11.5 Å². The predicted octanol–water partition coefficient (Wildman–Crippen LogP) is 3.71. The first kappa shape index (κ1) is 7.53. The van der Waals surface area contributed by atoms with Gasteiger partial charge < -0.3 is 0 Å². The summed E-state index contributed by atoms with van der Waals surface area (Å²) >= 11 is 10.6. The van der Waals surface area contributed by atoms with E-state index < -0.39 is 0 Å². The molecule has 0 fully saturated rings. The lowest BCUT2D eigenvalue weighted by Crippen LogP contribution is -1.66. The molecule has 0 aliphatic carbocycles. The molecular formula is C7H3BrClNS. The molecule has 0 N–H and O–H groups in total. The van der Waals surface area contributed by atoms with Gasteiger partial charge in [0.1, 0.15) is 4.34 Å². The molecule has 0 amide bonds. The third kappa shape index (κ3) is 1.28. The largest absolute Gasteiger partial charge is 0.191 e. The minimum Gasteiger partial charge on any atom is -0.191 e. The van der Waals surface area contributed by atoms with Crippen molar-refractivity contribution in [1.29, 1.82) is 0 Å². The maximum absolute atomic E-state index is 5.88. The maximum Gasteiger partial charge on any atom is 0.121 e. The standard InChI is InChI=1S/C7H3BrClNS/c8-4-1-2-6-5(3-4)7(9)11-10-6/h1-3H. The molecule has 0 unspecified atom stereocenters. The van der Waals surface area contributed by atoms with Crippen LogP contribution in [0.3, 0.4) is 0 Å². The number of benzene rings is 1. The number of nitrogens with zero attached hydrogens (tertiary/aromatic N) is 1. The third-order valence-electron chi connectivity index (χ3n) is 1.39. The van der Waals surface area contributed by atoms with E-state index in [1.807, 2.05) is 18.2 Å². The third-order valence-corrected chi connectivity index (χ3v) is 2.97. The molecule has 0 spiro atoms. The van der Waals surface area contributed by atoms with Crippen LogP contribution in [0.5, 0.6) is 0 Å². The van der Waals surface area contributed by atoms with E-state index in [0.29, 0.717) is 0 Å². The maximum atomic E-state index is 5.88. The number of aromatic nitrogens is 1. The molecule has 0 saturated carbocycles. The topological polar surface area (TPSA) is 12.9 Å². The molecule has 4 heteroatoms. The Morgan fingerprint density at radius 3 is 3.09 bits per heavy atom. The summed E-state index contributed by atoms with van der Waals surface area (Å²) in [6, 6.07) is 5.88. The molecule has 0 radical (unpaired) electrons. The highest BCUT2D eigenvalue weighted by molar-refractivity contribution is 9.10. The van der Waals surface area contributed by atoms with Crippen molar-refractivity contribution in [2.45, 2.75) is 0 Å². The SMILES string of the molecule is Clc1snc2ccc(Br)cc12. The Bertz CT molecular complexity index is 398. The molecule has 1 aromatic carbocycles. The van der Waals surface area contributed by atoms with E-state index in [1.54, 1.807) is 0 Å². The summed E-state index contributed by atoms with van der Waals surface area (Å²) in [5.74, 6) is 0. The first-order valence-corrected chi connectivity index (χ1v) is 4.92. The molecule has 1 nitrogen and oxygen atoms in total. The van der Waals surface area contributed by atoms with Crippen LogP contribution in [-0.4, -0.2) is 4.37 Å². The van der Waals surface area contributed by atoms with Gasteiger partial charge in [-0.25, -0.2) is 0 Å². The highest BCUT2D eigenvalue weighted by atomic mass is 79.9. The van der Waals surface area contributed by atoms with Gasteiger partial charge in [0, 0.05) is 9.86 Å². The summed E-state index contributed by atoms with van der Waals surface area (Å²) < 4.78 is 5.93. The molecule has 56 valence electrons. The molecule has 1 heterocycles. The fraction of sp³-hybridized carbons (Fsp3) is 0. The van der Waals surface area contributed by atoms with Crippen molar-refractivity contribution >= 4 is 50.0 Å². The molecule has 0 bridgehead atoms. The molecule has 1 aromatic heterocycles. The fourth-order valence-corrected chi connectivity index (χ4v) is 2.10. The summed E-state index contributed by atoms with van der Waals surface area (Å²) in [6.45, 7) is 0. The van der Waals surface area contributed by atoms with Crippen molar-refractivity contribution in [2.75, 3.05) is 0 Å². The summed E-state index contributed by atoms with van der Waals surface area (Å²) in [7, 11) is 0. The van der Waals surface area contributed by atoms with E-state index in [9.17, 15) is 0 Å². The smallest absolute Gasteiger partial charge is 0.121 e. The second-order valence-electron chi connectivity index (χ2n) is 2.12. The average molecular weight is 249 g/mol. The highest BCUT2D eigenvalue weighted by Gasteiger charge is 2.02. The van der Waals surface area contributed by atoms with Crippen molar-refractivity contribution in [2.24, 2.45) is 0 Å². The normalized spacial score (nSPS) is 10.7. The van der Waals surface area contributed by atoms with Crippen LogP contribution in [-0.2, 0) is 0 Å². The van der Waals surface area contributed by atoms with Gasteiger partial charge in [-0.1, -0.05) is 27.5 Å². The highest BCUT2D eigenvalue weighted by Crippen LogP contribution is 2.29. The predicted molar refractivity (Wildman–Crippen MR) is 52.3 cm³/mol. The number of hydrogen-bond donors (Lipinski definition) is 0. The zero-order valence-electron chi connectivity index (χ0n) is 5.34. The quantitative estimate of drug-likeness (QED) is 0.692. The van der Waals surface area contributed by atoms with E-state index in [-0.39, 0.29) is 0 Å². The monoisotopic (exact) mass is 247 g/mol. The van der Waals surface area contributed by atoms with Crippen molar-refractivity contribution in [3.05, 3.63) is 27.0 Å². The van der Waals surface area contributed by atoms with Crippen molar-refractivity contribution < 1.29 is 0 Å². The van der Waals surface area contributed by atoms with Gasteiger partial charge in [-0.3, -0.25) is 0 Å². The Morgan fingerprint density at radius 1 is 1.45 bits per heavy atom. The van der Waals surface area contributed by atoms with Gasteiger partial charge in [-0.05, 0) is 29.7 Å². The minimum atomic E-state index is 0.751. The number of halogens is 2. The summed E-state index contributed by atoms with van der Waals surface area (Å²) in [6.07, 6.45) is 0. The van der Waals surface area contributed by atoms with Gasteiger partial charge in [0.25, 0.3) is 0 Å². The van der Waals surface area contributed by atoms with Gasteiger partial charge in [0.15, 0.2) is 0 Å². The Balaban J connectivity index is 2.87. The van der Waals surface area contributed by atoms with Crippen molar-refractivity contribution in [3.8, 4) is 0 Å². The van der Waals surface area contributed by atoms with E-state index in [0.717, 1.165) is 19.7 Å². The molecule has 0 saturated heterocycles. The molecule has 11 heavy (non-hydrogen) atoms. The van der Waals surface area contributed by atoms with Crippen LogP contribution in [0, 0.1) is 0 Å². The van der Waals surface area contributed by atoms with E-state index in [4.69, 9.17) is 11.6 Å². The number of rotatable bonds is 0. The molecule has 2 rings (SSSR count). The van der Waals surface area contributed by atoms with Gasteiger partial charge >= 0.3 is 0 Å². The Morgan fingerprint density at radius 2 is 2.27 bits per heavy atom. The molecular weight excluding hydrogens is 246 g/mol. The summed E-state index contributed by atoms with van der Waals surface area (Å²) in [4.78, 5) is 0. The lowest BCUT2D eigenvalue weighted by Gasteiger charge is -1.88. The number of fused-ring (bicyclic) bond motifs is 1.